The van der Waals surface area contributed by atoms with E-state index in [1.54, 1.807) is 11.8 Å². The lowest BCUT2D eigenvalue weighted by Crippen LogP contribution is -2.26. The highest BCUT2D eigenvalue weighted by Crippen LogP contribution is 2.19. The summed E-state index contributed by atoms with van der Waals surface area (Å²) in [5.74, 6) is 1.65. The third-order valence-corrected chi connectivity index (χ3v) is 2.44. The lowest BCUT2D eigenvalue weighted by Gasteiger charge is -2.18. The van der Waals surface area contributed by atoms with Gasteiger partial charge in [0.25, 0.3) is 0 Å². The second-order valence-electron chi connectivity index (χ2n) is 5.28. The Bertz CT molecular complexity index is 553. The third-order valence-electron chi connectivity index (χ3n) is 2.44. The molecule has 0 saturated heterocycles. The van der Waals surface area contributed by atoms with Gasteiger partial charge in [-0.2, -0.15) is 9.67 Å². The minimum absolute atomic E-state index is 0.113. The standard InChI is InChI=1S/C13H19N5O/c1-13(2,3)16-12-15-11(14)18(17-12)9-5-7-10(19-4)8-6-9/h5-8H,1-4H3,(H3,14,15,16,17). The number of nitrogens with one attached hydrogen (secondary N) is 1. The number of nitrogen functional groups attached to an aromatic ring is 1. The maximum absolute atomic E-state index is 5.88. The molecule has 6 heteroatoms. The molecular formula is C13H19N5O. The third kappa shape index (κ3) is 3.15. The number of hydrogen-bond donors (Lipinski definition) is 2. The second kappa shape index (κ2) is 4.79. The van der Waals surface area contributed by atoms with Crippen LogP contribution in [0.2, 0.25) is 0 Å². The van der Waals surface area contributed by atoms with Gasteiger partial charge in [0.15, 0.2) is 0 Å². The first-order chi connectivity index (χ1) is 8.89. The molecule has 0 bridgehead atoms. The van der Waals surface area contributed by atoms with Gasteiger partial charge in [-0.25, -0.2) is 0 Å². The van der Waals surface area contributed by atoms with Crippen molar-refractivity contribution in [3.63, 3.8) is 0 Å². The highest BCUT2D eigenvalue weighted by molar-refractivity contribution is 5.44. The van der Waals surface area contributed by atoms with E-state index in [4.69, 9.17) is 10.5 Å². The molecule has 1 aromatic heterocycles. The van der Waals surface area contributed by atoms with Crippen molar-refractivity contribution < 1.29 is 4.74 Å². The molecule has 102 valence electrons. The van der Waals surface area contributed by atoms with E-state index in [1.807, 2.05) is 45.0 Å². The Labute approximate surface area is 112 Å². The highest BCUT2D eigenvalue weighted by atomic mass is 16.5. The first-order valence-corrected chi connectivity index (χ1v) is 6.04. The summed E-state index contributed by atoms with van der Waals surface area (Å²) < 4.78 is 6.71. The normalized spacial score (nSPS) is 11.4. The molecule has 0 unspecified atom stereocenters. The fraction of sp³-hybridized carbons (Fsp3) is 0.385. The molecule has 1 aromatic carbocycles. The monoisotopic (exact) mass is 261 g/mol. The van der Waals surface area contributed by atoms with Crippen molar-refractivity contribution in [1.82, 2.24) is 14.8 Å². The smallest absolute Gasteiger partial charge is 0.244 e. The summed E-state index contributed by atoms with van der Waals surface area (Å²) in [7, 11) is 1.63. The van der Waals surface area contributed by atoms with Gasteiger partial charge in [-0.3, -0.25) is 0 Å². The van der Waals surface area contributed by atoms with E-state index < -0.39 is 0 Å². The van der Waals surface area contributed by atoms with Crippen LogP contribution < -0.4 is 15.8 Å². The van der Waals surface area contributed by atoms with Crippen molar-refractivity contribution in [1.29, 1.82) is 0 Å². The van der Waals surface area contributed by atoms with Gasteiger partial charge in [0, 0.05) is 5.54 Å². The molecule has 0 fully saturated rings. The Kier molecular flexibility index (Phi) is 3.33. The summed E-state index contributed by atoms with van der Waals surface area (Å²) in [5, 5.41) is 7.54. The number of methoxy groups -OCH3 is 1. The predicted octanol–water partition coefficient (Wildman–Crippen LogP) is 2.07. The van der Waals surface area contributed by atoms with Crippen molar-refractivity contribution in [3.05, 3.63) is 24.3 Å². The molecule has 2 rings (SSSR count). The van der Waals surface area contributed by atoms with Crippen molar-refractivity contribution in [2.45, 2.75) is 26.3 Å². The van der Waals surface area contributed by atoms with Crippen LogP contribution in [0.4, 0.5) is 11.9 Å². The van der Waals surface area contributed by atoms with Crippen LogP contribution in [0.25, 0.3) is 5.69 Å². The van der Waals surface area contributed by atoms with Crippen LogP contribution in [-0.4, -0.2) is 27.4 Å². The summed E-state index contributed by atoms with van der Waals surface area (Å²) in [6.07, 6.45) is 0. The summed E-state index contributed by atoms with van der Waals surface area (Å²) >= 11 is 0. The van der Waals surface area contributed by atoms with Gasteiger partial charge in [-0.1, -0.05) is 0 Å². The van der Waals surface area contributed by atoms with Gasteiger partial charge in [-0.15, -0.1) is 5.10 Å². The molecular weight excluding hydrogens is 242 g/mol. The van der Waals surface area contributed by atoms with Gasteiger partial charge in [0.05, 0.1) is 12.8 Å². The minimum atomic E-state index is -0.113. The predicted molar refractivity (Wildman–Crippen MR) is 75.7 cm³/mol. The van der Waals surface area contributed by atoms with E-state index in [1.165, 1.54) is 0 Å². The van der Waals surface area contributed by atoms with E-state index in [0.29, 0.717) is 11.9 Å². The zero-order chi connectivity index (χ0) is 14.0. The number of ether oxygens (including phenoxy) is 1. The molecule has 0 atom stereocenters. The maximum atomic E-state index is 5.88. The molecule has 3 N–H and O–H groups in total. The number of nitrogens with zero attached hydrogens (tertiary/aromatic N) is 3. The first kappa shape index (κ1) is 13.2. The topological polar surface area (TPSA) is 78.0 Å². The summed E-state index contributed by atoms with van der Waals surface area (Å²) in [4.78, 5) is 4.20. The molecule has 0 saturated carbocycles. The van der Waals surface area contributed by atoms with Crippen molar-refractivity contribution >= 4 is 11.9 Å². The largest absolute Gasteiger partial charge is 0.497 e. The van der Waals surface area contributed by atoms with Crippen LogP contribution in [0.15, 0.2) is 24.3 Å². The van der Waals surface area contributed by atoms with Gasteiger partial charge < -0.3 is 15.8 Å². The molecule has 0 amide bonds. The van der Waals surface area contributed by atoms with Gasteiger partial charge in [0.2, 0.25) is 11.9 Å². The molecule has 6 nitrogen and oxygen atoms in total. The second-order valence-corrected chi connectivity index (χ2v) is 5.28. The number of hydrogen-bond acceptors (Lipinski definition) is 5. The van der Waals surface area contributed by atoms with Crippen LogP contribution in [-0.2, 0) is 0 Å². The van der Waals surface area contributed by atoms with Crippen LogP contribution in [0.1, 0.15) is 20.8 Å². The highest BCUT2D eigenvalue weighted by Gasteiger charge is 2.15. The fourth-order valence-electron chi connectivity index (χ4n) is 1.63. The number of aromatic nitrogens is 3. The number of rotatable bonds is 3. The Morgan fingerprint density at radius 2 is 1.84 bits per heavy atom. The summed E-state index contributed by atoms with van der Waals surface area (Å²) in [5.41, 5.74) is 6.61. The summed E-state index contributed by atoms with van der Waals surface area (Å²) in [6, 6.07) is 7.47. The lowest BCUT2D eigenvalue weighted by molar-refractivity contribution is 0.414. The molecule has 1 heterocycles. The molecule has 0 radical (unpaired) electrons. The first-order valence-electron chi connectivity index (χ1n) is 6.04. The van der Waals surface area contributed by atoms with Crippen LogP contribution in [0.5, 0.6) is 5.75 Å². The zero-order valence-corrected chi connectivity index (χ0v) is 11.6. The number of nitrogens with two attached hydrogens (primary N) is 1. The van der Waals surface area contributed by atoms with Crippen LogP contribution >= 0.6 is 0 Å². The summed E-state index contributed by atoms with van der Waals surface area (Å²) in [6.45, 7) is 6.12. The fourth-order valence-corrected chi connectivity index (χ4v) is 1.63. The zero-order valence-electron chi connectivity index (χ0n) is 11.6. The lowest BCUT2D eigenvalue weighted by atomic mass is 10.1. The van der Waals surface area contributed by atoms with Crippen molar-refractivity contribution in [3.8, 4) is 11.4 Å². The minimum Gasteiger partial charge on any atom is -0.497 e. The SMILES string of the molecule is COc1ccc(-n2nc(NC(C)(C)C)nc2N)cc1. The van der Waals surface area contributed by atoms with E-state index in [2.05, 4.69) is 15.4 Å². The van der Waals surface area contributed by atoms with Crippen molar-refractivity contribution in [2.75, 3.05) is 18.2 Å². The Morgan fingerprint density at radius 1 is 1.21 bits per heavy atom. The van der Waals surface area contributed by atoms with Gasteiger partial charge in [-0.05, 0) is 45.0 Å². The quantitative estimate of drug-likeness (QED) is 0.884. The van der Waals surface area contributed by atoms with Crippen LogP contribution in [0.3, 0.4) is 0 Å². The van der Waals surface area contributed by atoms with E-state index in [-0.39, 0.29) is 5.54 Å². The average Bonchev–Trinajstić information content (AvgIpc) is 2.68. The van der Waals surface area contributed by atoms with Crippen molar-refractivity contribution in [2.24, 2.45) is 0 Å². The Morgan fingerprint density at radius 3 is 2.37 bits per heavy atom. The molecule has 0 aliphatic heterocycles. The maximum Gasteiger partial charge on any atom is 0.244 e. The van der Waals surface area contributed by atoms with E-state index in [0.717, 1.165) is 11.4 Å². The Balaban J connectivity index is 2.29. The van der Waals surface area contributed by atoms with Crippen LogP contribution in [0, 0.1) is 0 Å². The molecule has 2 aromatic rings. The molecule has 0 aliphatic carbocycles. The Hall–Kier alpha value is -2.24. The van der Waals surface area contributed by atoms with Gasteiger partial charge >= 0.3 is 0 Å². The number of anilines is 2. The molecule has 0 aliphatic rings. The number of benzene rings is 1. The van der Waals surface area contributed by atoms with E-state index in [9.17, 15) is 0 Å². The van der Waals surface area contributed by atoms with E-state index >= 15 is 0 Å². The van der Waals surface area contributed by atoms with Gasteiger partial charge in [0.1, 0.15) is 5.75 Å². The molecule has 0 spiro atoms. The molecule has 19 heavy (non-hydrogen) atoms. The average molecular weight is 261 g/mol.